The molecule has 0 bridgehead atoms. The lowest BCUT2D eigenvalue weighted by molar-refractivity contribution is -0.160. The minimum atomic E-state index is 0.221. The van der Waals surface area contributed by atoms with Crippen molar-refractivity contribution in [2.75, 3.05) is 13.2 Å². The van der Waals surface area contributed by atoms with Crippen molar-refractivity contribution < 1.29 is 9.57 Å². The van der Waals surface area contributed by atoms with Crippen LogP contribution in [0, 0.1) is 5.92 Å². The van der Waals surface area contributed by atoms with Crippen molar-refractivity contribution in [3.63, 3.8) is 0 Å². The Morgan fingerprint density at radius 1 is 0.864 bits per heavy atom. The molecule has 2 saturated heterocycles. The SMILES string of the molecule is c1ccc(C[C@@H]2OC[C@H]3CON(Cc4ccccc4)[C@H]32)cc1. The molecule has 0 unspecified atom stereocenters. The van der Waals surface area contributed by atoms with Gasteiger partial charge in [0, 0.05) is 18.9 Å². The summed E-state index contributed by atoms with van der Waals surface area (Å²) in [6, 6.07) is 21.5. The lowest BCUT2D eigenvalue weighted by Gasteiger charge is -2.26. The topological polar surface area (TPSA) is 21.7 Å². The molecule has 0 radical (unpaired) electrons. The highest BCUT2D eigenvalue weighted by molar-refractivity contribution is 5.18. The molecule has 0 N–H and O–H groups in total. The minimum Gasteiger partial charge on any atom is -0.376 e. The zero-order valence-electron chi connectivity index (χ0n) is 12.6. The van der Waals surface area contributed by atoms with Gasteiger partial charge in [-0.2, -0.15) is 5.06 Å². The Morgan fingerprint density at radius 3 is 2.27 bits per heavy atom. The zero-order chi connectivity index (χ0) is 14.8. The van der Waals surface area contributed by atoms with E-state index in [2.05, 4.69) is 59.7 Å². The van der Waals surface area contributed by atoms with Crippen LogP contribution in [-0.2, 0) is 22.5 Å². The summed E-state index contributed by atoms with van der Waals surface area (Å²) in [5, 5.41) is 2.14. The van der Waals surface area contributed by atoms with Gasteiger partial charge >= 0.3 is 0 Å². The van der Waals surface area contributed by atoms with Crippen LogP contribution in [0.4, 0.5) is 0 Å². The summed E-state index contributed by atoms with van der Waals surface area (Å²) in [6.07, 6.45) is 1.18. The Morgan fingerprint density at radius 2 is 1.55 bits per heavy atom. The molecule has 0 aliphatic carbocycles. The predicted molar refractivity (Wildman–Crippen MR) is 85.1 cm³/mol. The molecule has 2 aliphatic rings. The molecule has 2 aromatic carbocycles. The van der Waals surface area contributed by atoms with Gasteiger partial charge < -0.3 is 4.74 Å². The van der Waals surface area contributed by atoms with Crippen molar-refractivity contribution in [1.29, 1.82) is 0 Å². The quantitative estimate of drug-likeness (QED) is 0.865. The Labute approximate surface area is 131 Å². The number of rotatable bonds is 4. The first-order valence-corrected chi connectivity index (χ1v) is 7.99. The molecule has 4 rings (SSSR count). The molecule has 0 amide bonds. The molecule has 0 spiro atoms. The van der Waals surface area contributed by atoms with Crippen molar-refractivity contribution in [3.05, 3.63) is 71.8 Å². The van der Waals surface area contributed by atoms with E-state index in [9.17, 15) is 0 Å². The second-order valence-corrected chi connectivity index (χ2v) is 6.17. The minimum absolute atomic E-state index is 0.221. The number of hydrogen-bond acceptors (Lipinski definition) is 3. The van der Waals surface area contributed by atoms with Crippen LogP contribution in [-0.4, -0.2) is 30.4 Å². The fourth-order valence-corrected chi connectivity index (χ4v) is 3.53. The van der Waals surface area contributed by atoms with Gasteiger partial charge in [-0.15, -0.1) is 0 Å². The average molecular weight is 295 g/mol. The Bertz CT molecular complexity index is 548. The van der Waals surface area contributed by atoms with Crippen molar-refractivity contribution >= 4 is 0 Å². The van der Waals surface area contributed by atoms with Gasteiger partial charge in [0.05, 0.1) is 25.4 Å². The maximum atomic E-state index is 6.07. The number of hydrogen-bond donors (Lipinski definition) is 0. The summed E-state index contributed by atoms with van der Waals surface area (Å²) in [6.45, 7) is 2.42. The second kappa shape index (κ2) is 6.21. The fourth-order valence-electron chi connectivity index (χ4n) is 3.53. The van der Waals surface area contributed by atoms with E-state index in [1.807, 2.05) is 6.07 Å². The van der Waals surface area contributed by atoms with Gasteiger partial charge in [-0.3, -0.25) is 4.84 Å². The normalized spacial score (nSPS) is 27.9. The molecule has 3 nitrogen and oxygen atoms in total. The summed E-state index contributed by atoms with van der Waals surface area (Å²) in [4.78, 5) is 5.95. The van der Waals surface area contributed by atoms with Crippen molar-refractivity contribution in [3.8, 4) is 0 Å². The van der Waals surface area contributed by atoms with E-state index in [1.54, 1.807) is 0 Å². The molecule has 3 heteroatoms. The summed E-state index contributed by atoms with van der Waals surface area (Å²) in [5.41, 5.74) is 2.62. The lowest BCUT2D eigenvalue weighted by Crippen LogP contribution is -2.38. The average Bonchev–Trinajstić information content (AvgIpc) is 3.14. The highest BCUT2D eigenvalue weighted by Crippen LogP contribution is 2.34. The van der Waals surface area contributed by atoms with Crippen molar-refractivity contribution in [2.24, 2.45) is 5.92 Å². The Hall–Kier alpha value is -1.68. The summed E-state index contributed by atoms with van der Waals surface area (Å²) in [7, 11) is 0. The van der Waals surface area contributed by atoms with Crippen LogP contribution < -0.4 is 0 Å². The first kappa shape index (κ1) is 13.9. The zero-order valence-corrected chi connectivity index (χ0v) is 12.6. The van der Waals surface area contributed by atoms with Crippen LogP contribution in [0.15, 0.2) is 60.7 Å². The summed E-state index contributed by atoms with van der Waals surface area (Å²) < 4.78 is 6.07. The number of benzene rings is 2. The van der Waals surface area contributed by atoms with Gasteiger partial charge in [-0.25, -0.2) is 0 Å². The Balaban J connectivity index is 1.48. The van der Waals surface area contributed by atoms with Crippen LogP contribution >= 0.6 is 0 Å². The molecule has 0 saturated carbocycles. The standard InChI is InChI=1S/C19H21NO2/c1-3-7-15(8-4-1)11-18-19-17(13-21-18)14-22-20(19)12-16-9-5-2-6-10-16/h1-10,17-19H,11-14H2/t17-,18-,19+/m0/s1. The van der Waals surface area contributed by atoms with Crippen LogP contribution in [0.2, 0.25) is 0 Å². The molecular weight excluding hydrogens is 274 g/mol. The van der Waals surface area contributed by atoms with Crippen LogP contribution in [0.3, 0.4) is 0 Å². The van der Waals surface area contributed by atoms with E-state index in [4.69, 9.17) is 9.57 Å². The van der Waals surface area contributed by atoms with E-state index in [0.29, 0.717) is 12.0 Å². The number of ether oxygens (including phenoxy) is 1. The van der Waals surface area contributed by atoms with E-state index in [0.717, 1.165) is 26.2 Å². The van der Waals surface area contributed by atoms with Gasteiger partial charge in [0.15, 0.2) is 0 Å². The summed E-state index contributed by atoms with van der Waals surface area (Å²) in [5.74, 6) is 0.498. The molecule has 114 valence electrons. The van der Waals surface area contributed by atoms with Crippen molar-refractivity contribution in [2.45, 2.75) is 25.1 Å². The molecule has 0 aromatic heterocycles. The fraction of sp³-hybridized carbons (Fsp3) is 0.368. The maximum absolute atomic E-state index is 6.07. The number of hydroxylamine groups is 2. The van der Waals surface area contributed by atoms with E-state index in [1.165, 1.54) is 11.1 Å². The van der Waals surface area contributed by atoms with E-state index < -0.39 is 0 Å². The van der Waals surface area contributed by atoms with Crippen molar-refractivity contribution in [1.82, 2.24) is 5.06 Å². The van der Waals surface area contributed by atoms with Gasteiger partial charge in [0.25, 0.3) is 0 Å². The number of nitrogens with zero attached hydrogens (tertiary/aromatic N) is 1. The van der Waals surface area contributed by atoms with Crippen LogP contribution in [0.25, 0.3) is 0 Å². The maximum Gasteiger partial charge on any atom is 0.0798 e. The molecule has 2 aliphatic heterocycles. The van der Waals surface area contributed by atoms with E-state index >= 15 is 0 Å². The number of fused-ring (bicyclic) bond motifs is 1. The summed E-state index contributed by atoms with van der Waals surface area (Å²) >= 11 is 0. The van der Waals surface area contributed by atoms with Crippen LogP contribution in [0.5, 0.6) is 0 Å². The third-order valence-electron chi connectivity index (χ3n) is 4.64. The monoisotopic (exact) mass is 295 g/mol. The molecule has 22 heavy (non-hydrogen) atoms. The van der Waals surface area contributed by atoms with Gasteiger partial charge in [0.1, 0.15) is 0 Å². The third kappa shape index (κ3) is 2.80. The van der Waals surface area contributed by atoms with Gasteiger partial charge in [-0.05, 0) is 11.1 Å². The predicted octanol–water partition coefficient (Wildman–Crippen LogP) is 3.06. The molecular formula is C19H21NO2. The molecule has 2 fully saturated rings. The van der Waals surface area contributed by atoms with Crippen LogP contribution in [0.1, 0.15) is 11.1 Å². The molecule has 2 aromatic rings. The smallest absolute Gasteiger partial charge is 0.0798 e. The highest BCUT2D eigenvalue weighted by atomic mass is 16.7. The first-order chi connectivity index (χ1) is 10.9. The Kier molecular flexibility index (Phi) is 3.94. The lowest BCUT2D eigenvalue weighted by atomic mass is 9.95. The second-order valence-electron chi connectivity index (χ2n) is 6.17. The molecule has 3 atom stereocenters. The first-order valence-electron chi connectivity index (χ1n) is 7.99. The van der Waals surface area contributed by atoms with E-state index in [-0.39, 0.29) is 6.10 Å². The highest BCUT2D eigenvalue weighted by Gasteiger charge is 2.46. The van der Waals surface area contributed by atoms with Gasteiger partial charge in [-0.1, -0.05) is 60.7 Å². The van der Waals surface area contributed by atoms with Gasteiger partial charge in [0.2, 0.25) is 0 Å². The third-order valence-corrected chi connectivity index (χ3v) is 4.64. The largest absolute Gasteiger partial charge is 0.376 e. The molecule has 2 heterocycles.